The monoisotopic (exact) mass is 411 g/mol. The van der Waals surface area contributed by atoms with E-state index in [0.29, 0.717) is 17.0 Å². The summed E-state index contributed by atoms with van der Waals surface area (Å²) in [5.41, 5.74) is 3.21. The SMILES string of the molecule is CO/N=C(\C1=N\OCc2ccccc2/C(=N/OC)C(=O)C1)c1ccc(SC)cc1. The molecule has 1 aliphatic heterocycles. The first kappa shape index (κ1) is 20.6. The molecule has 8 heteroatoms. The van der Waals surface area contributed by atoms with Crippen molar-refractivity contribution in [3.05, 3.63) is 65.2 Å². The maximum Gasteiger partial charge on any atom is 0.191 e. The van der Waals surface area contributed by atoms with E-state index >= 15 is 0 Å². The molecule has 3 rings (SSSR count). The van der Waals surface area contributed by atoms with Crippen LogP contribution in [-0.2, 0) is 25.9 Å². The second-order valence-corrected chi connectivity index (χ2v) is 6.92. The Labute approximate surface area is 173 Å². The van der Waals surface area contributed by atoms with Crippen LogP contribution in [0.15, 0.2) is 68.9 Å². The van der Waals surface area contributed by atoms with Crippen LogP contribution < -0.4 is 0 Å². The van der Waals surface area contributed by atoms with E-state index in [1.807, 2.05) is 54.8 Å². The van der Waals surface area contributed by atoms with Crippen LogP contribution in [0.1, 0.15) is 23.1 Å². The van der Waals surface area contributed by atoms with Crippen LogP contribution in [0.25, 0.3) is 0 Å². The van der Waals surface area contributed by atoms with Crippen molar-refractivity contribution in [1.82, 2.24) is 0 Å². The highest BCUT2D eigenvalue weighted by atomic mass is 32.2. The molecular weight excluding hydrogens is 390 g/mol. The maximum atomic E-state index is 13.1. The minimum atomic E-state index is -0.256. The molecule has 29 heavy (non-hydrogen) atoms. The van der Waals surface area contributed by atoms with Crippen molar-refractivity contribution in [2.45, 2.75) is 17.9 Å². The summed E-state index contributed by atoms with van der Waals surface area (Å²) in [5.74, 6) is -0.256. The number of oxime groups is 3. The van der Waals surface area contributed by atoms with Crippen molar-refractivity contribution in [3.8, 4) is 0 Å². The molecule has 0 atom stereocenters. The number of carbonyl (C=O) groups excluding carboxylic acids is 1. The molecule has 0 saturated carbocycles. The number of benzene rings is 2. The van der Waals surface area contributed by atoms with Crippen molar-refractivity contribution >= 4 is 34.7 Å². The number of hydrogen-bond acceptors (Lipinski definition) is 8. The molecule has 150 valence electrons. The Kier molecular flexibility index (Phi) is 7.02. The summed E-state index contributed by atoms with van der Waals surface area (Å²) in [6.07, 6.45) is 1.94. The third kappa shape index (κ3) is 4.83. The first-order chi connectivity index (χ1) is 14.2. The fraction of sp³-hybridized carbons (Fsp3) is 0.238. The molecule has 7 nitrogen and oxygen atoms in total. The summed E-state index contributed by atoms with van der Waals surface area (Å²) in [5, 5.41) is 12.3. The Balaban J connectivity index is 2.02. The number of hydrogen-bond donors (Lipinski definition) is 0. The van der Waals surface area contributed by atoms with E-state index in [0.717, 1.165) is 16.0 Å². The zero-order chi connectivity index (χ0) is 20.6. The number of rotatable bonds is 5. The molecule has 0 N–H and O–H groups in total. The lowest BCUT2D eigenvalue weighted by Gasteiger charge is -2.09. The van der Waals surface area contributed by atoms with Gasteiger partial charge < -0.3 is 14.5 Å². The third-order valence-electron chi connectivity index (χ3n) is 4.26. The first-order valence-corrected chi connectivity index (χ1v) is 10.1. The molecule has 2 aromatic rings. The fourth-order valence-electron chi connectivity index (χ4n) is 2.91. The van der Waals surface area contributed by atoms with Crippen LogP contribution in [0.5, 0.6) is 0 Å². The highest BCUT2D eigenvalue weighted by Crippen LogP contribution is 2.19. The third-order valence-corrected chi connectivity index (χ3v) is 5.00. The lowest BCUT2D eigenvalue weighted by molar-refractivity contribution is -0.112. The van der Waals surface area contributed by atoms with Crippen molar-refractivity contribution in [2.24, 2.45) is 15.5 Å². The summed E-state index contributed by atoms with van der Waals surface area (Å²) in [6.45, 7) is 0.182. The minimum Gasteiger partial charge on any atom is -0.399 e. The fourth-order valence-corrected chi connectivity index (χ4v) is 3.31. The average molecular weight is 411 g/mol. The first-order valence-electron chi connectivity index (χ1n) is 8.85. The Morgan fingerprint density at radius 3 is 2.55 bits per heavy atom. The van der Waals surface area contributed by atoms with Gasteiger partial charge >= 0.3 is 0 Å². The molecule has 0 saturated heterocycles. The van der Waals surface area contributed by atoms with Crippen molar-refractivity contribution in [1.29, 1.82) is 0 Å². The molecule has 0 radical (unpaired) electrons. The maximum absolute atomic E-state index is 13.1. The zero-order valence-corrected chi connectivity index (χ0v) is 17.2. The van der Waals surface area contributed by atoms with Crippen molar-refractivity contribution in [2.75, 3.05) is 20.5 Å². The number of fused-ring (bicyclic) bond motifs is 1. The molecule has 1 heterocycles. The van der Waals surface area contributed by atoms with E-state index < -0.39 is 0 Å². The molecule has 1 aliphatic rings. The molecule has 2 aromatic carbocycles. The second-order valence-electron chi connectivity index (χ2n) is 6.04. The number of thioether (sulfide) groups is 1. The topological polar surface area (TPSA) is 81.8 Å². The van der Waals surface area contributed by atoms with Crippen molar-refractivity contribution < 1.29 is 19.3 Å². The predicted molar refractivity (Wildman–Crippen MR) is 114 cm³/mol. The van der Waals surface area contributed by atoms with Gasteiger partial charge in [0.25, 0.3) is 0 Å². The summed E-state index contributed by atoms with van der Waals surface area (Å²) in [4.78, 5) is 29.7. The zero-order valence-electron chi connectivity index (χ0n) is 16.4. The molecule has 0 spiro atoms. The van der Waals surface area contributed by atoms with Gasteiger partial charge in [-0.05, 0) is 18.4 Å². The van der Waals surface area contributed by atoms with Crippen LogP contribution in [0.4, 0.5) is 0 Å². The van der Waals surface area contributed by atoms with Gasteiger partial charge in [-0.3, -0.25) is 4.79 Å². The van der Waals surface area contributed by atoms with Gasteiger partial charge in [0.15, 0.2) is 11.5 Å². The lowest BCUT2D eigenvalue weighted by Crippen LogP contribution is -2.25. The lowest BCUT2D eigenvalue weighted by atomic mass is 9.96. The number of carbonyl (C=O) groups is 1. The van der Waals surface area contributed by atoms with Crippen LogP contribution >= 0.6 is 11.8 Å². The molecule has 0 unspecified atom stereocenters. The summed E-state index contributed by atoms with van der Waals surface area (Å²) in [6, 6.07) is 15.1. The second kappa shape index (κ2) is 9.88. The minimum absolute atomic E-state index is 0.0665. The van der Waals surface area contributed by atoms with E-state index in [4.69, 9.17) is 14.5 Å². The van der Waals surface area contributed by atoms with Gasteiger partial charge in [-0.15, -0.1) is 11.8 Å². The van der Waals surface area contributed by atoms with Gasteiger partial charge in [-0.25, -0.2) is 0 Å². The van der Waals surface area contributed by atoms with Crippen molar-refractivity contribution in [3.63, 3.8) is 0 Å². The summed E-state index contributed by atoms with van der Waals surface area (Å²) in [7, 11) is 2.86. The highest BCUT2D eigenvalue weighted by molar-refractivity contribution is 7.98. The smallest absolute Gasteiger partial charge is 0.191 e. The quantitative estimate of drug-likeness (QED) is 0.426. The van der Waals surface area contributed by atoms with Gasteiger partial charge in [-0.2, -0.15) is 0 Å². The van der Waals surface area contributed by atoms with Crippen LogP contribution in [-0.4, -0.2) is 43.4 Å². The van der Waals surface area contributed by atoms with E-state index in [2.05, 4.69) is 15.5 Å². The van der Waals surface area contributed by atoms with E-state index in [9.17, 15) is 4.79 Å². The summed E-state index contributed by atoms with van der Waals surface area (Å²) >= 11 is 1.64. The highest BCUT2D eigenvalue weighted by Gasteiger charge is 2.25. The molecule has 0 fully saturated rings. The average Bonchev–Trinajstić information content (AvgIpc) is 2.81. The Morgan fingerprint density at radius 1 is 1.10 bits per heavy atom. The Hall–Kier alpha value is -3.13. The van der Waals surface area contributed by atoms with Crippen LogP contribution in [0.3, 0.4) is 0 Å². The molecule has 0 amide bonds. The van der Waals surface area contributed by atoms with Crippen LogP contribution in [0, 0.1) is 0 Å². The largest absolute Gasteiger partial charge is 0.399 e. The number of ketones is 1. The van der Waals surface area contributed by atoms with E-state index in [1.165, 1.54) is 14.2 Å². The van der Waals surface area contributed by atoms with Gasteiger partial charge in [0.05, 0.1) is 6.42 Å². The molecule has 0 aromatic heterocycles. The van der Waals surface area contributed by atoms with Gasteiger partial charge in [0.2, 0.25) is 0 Å². The van der Waals surface area contributed by atoms with Gasteiger partial charge in [0.1, 0.15) is 32.2 Å². The van der Waals surface area contributed by atoms with E-state index in [1.54, 1.807) is 11.8 Å². The normalized spacial score (nSPS) is 17.9. The Morgan fingerprint density at radius 2 is 1.86 bits per heavy atom. The number of Topliss-reactive ketones (excluding diaryl/α,β-unsaturated/α-hetero) is 1. The van der Waals surface area contributed by atoms with Gasteiger partial charge in [-0.1, -0.05) is 51.9 Å². The molecular formula is C21H21N3O4S. The Bertz CT molecular complexity index is 968. The van der Waals surface area contributed by atoms with E-state index in [-0.39, 0.29) is 24.5 Å². The number of nitrogens with zero attached hydrogens (tertiary/aromatic N) is 3. The standard InChI is InChI=1S/C21H21N3O4S/c1-26-23-20(14-8-10-16(29-3)11-9-14)18-12-19(25)21(24-27-2)17-7-5-4-6-15(17)13-28-22-18/h4-11H,12-13H2,1-3H3/b22-18+,23-20-,24-21-. The summed E-state index contributed by atoms with van der Waals surface area (Å²) < 4.78 is 0. The molecule has 0 bridgehead atoms. The van der Waals surface area contributed by atoms with Crippen LogP contribution in [0.2, 0.25) is 0 Å². The predicted octanol–water partition coefficient (Wildman–Crippen LogP) is 3.66. The molecule has 0 aliphatic carbocycles. The van der Waals surface area contributed by atoms with Gasteiger partial charge in [0, 0.05) is 21.6 Å².